The second kappa shape index (κ2) is 8.37. The van der Waals surface area contributed by atoms with E-state index >= 15 is 0 Å². The molecule has 0 aliphatic heterocycles. The molecular weight excluding hydrogens is 323 g/mol. The van der Waals surface area contributed by atoms with Crippen LogP contribution in [0.4, 0.5) is 23.7 Å². The topological polar surface area (TPSA) is 61.4 Å². The second-order valence-electron chi connectivity index (χ2n) is 5.42. The maximum absolute atomic E-state index is 12.5. The summed E-state index contributed by atoms with van der Waals surface area (Å²) in [6.07, 6.45) is -3.26. The molecule has 8 heteroatoms. The van der Waals surface area contributed by atoms with Gasteiger partial charge >= 0.3 is 12.2 Å². The number of anilines is 1. The number of halogens is 3. The van der Waals surface area contributed by atoms with Crippen molar-refractivity contribution < 1.29 is 22.8 Å². The molecule has 0 aliphatic carbocycles. The predicted octanol–water partition coefficient (Wildman–Crippen LogP) is 3.41. The number of hydrogen-bond acceptors (Lipinski definition) is 2. The lowest BCUT2D eigenvalue weighted by Crippen LogP contribution is -2.39. The summed E-state index contributed by atoms with van der Waals surface area (Å²) in [6, 6.07) is 5.18. The first-order valence-corrected chi connectivity index (χ1v) is 7.27. The zero-order valence-electron chi connectivity index (χ0n) is 13.5. The monoisotopic (exact) mass is 343 g/mol. The van der Waals surface area contributed by atoms with Crippen LogP contribution in [0.1, 0.15) is 24.2 Å². The third kappa shape index (κ3) is 6.72. The Bertz CT molecular complexity index is 583. The summed E-state index contributed by atoms with van der Waals surface area (Å²) >= 11 is 0. The molecule has 0 aliphatic rings. The SMILES string of the molecule is C=CCN(CC(F)(F)F)C(=O)c1ccc(NC(=O)NC(C)C)cc1. The average molecular weight is 343 g/mol. The maximum atomic E-state index is 12.5. The third-order valence-corrected chi connectivity index (χ3v) is 2.82. The molecule has 0 fully saturated rings. The summed E-state index contributed by atoms with van der Waals surface area (Å²) in [6.45, 7) is 5.40. The Kier molecular flexibility index (Phi) is 6.82. The number of hydrogen-bond donors (Lipinski definition) is 2. The summed E-state index contributed by atoms with van der Waals surface area (Å²) < 4.78 is 37.6. The quantitative estimate of drug-likeness (QED) is 0.778. The van der Waals surface area contributed by atoms with Crippen LogP contribution in [0.2, 0.25) is 0 Å². The van der Waals surface area contributed by atoms with Gasteiger partial charge in [0.2, 0.25) is 0 Å². The molecule has 1 aromatic rings. The van der Waals surface area contributed by atoms with Crippen molar-refractivity contribution in [2.75, 3.05) is 18.4 Å². The van der Waals surface area contributed by atoms with E-state index < -0.39 is 24.7 Å². The van der Waals surface area contributed by atoms with Gasteiger partial charge < -0.3 is 15.5 Å². The molecule has 5 nitrogen and oxygen atoms in total. The first kappa shape index (κ1) is 19.5. The van der Waals surface area contributed by atoms with Crippen molar-refractivity contribution in [2.45, 2.75) is 26.1 Å². The van der Waals surface area contributed by atoms with E-state index in [1.807, 2.05) is 0 Å². The third-order valence-electron chi connectivity index (χ3n) is 2.82. The molecule has 132 valence electrons. The lowest BCUT2D eigenvalue weighted by molar-refractivity contribution is -0.139. The van der Waals surface area contributed by atoms with E-state index in [0.717, 1.165) is 0 Å². The minimum absolute atomic E-state index is 0.0410. The van der Waals surface area contributed by atoms with Crippen LogP contribution in [0.3, 0.4) is 0 Å². The normalized spacial score (nSPS) is 11.1. The lowest BCUT2D eigenvalue weighted by atomic mass is 10.1. The van der Waals surface area contributed by atoms with Gasteiger partial charge in [-0.05, 0) is 38.1 Å². The van der Waals surface area contributed by atoms with Crippen molar-refractivity contribution in [1.82, 2.24) is 10.2 Å². The van der Waals surface area contributed by atoms with Crippen molar-refractivity contribution in [1.29, 1.82) is 0 Å². The Morgan fingerprint density at radius 2 is 1.83 bits per heavy atom. The summed E-state index contributed by atoms with van der Waals surface area (Å²) in [4.78, 5) is 24.4. The van der Waals surface area contributed by atoms with Gasteiger partial charge in [-0.1, -0.05) is 6.08 Å². The molecule has 1 rings (SSSR count). The Hall–Kier alpha value is -2.51. The summed E-state index contributed by atoms with van der Waals surface area (Å²) in [5.41, 5.74) is 0.520. The molecule has 0 bridgehead atoms. The highest BCUT2D eigenvalue weighted by molar-refractivity contribution is 5.95. The Labute approximate surface area is 138 Å². The molecule has 3 amide bonds. The van der Waals surface area contributed by atoms with Crippen LogP contribution < -0.4 is 10.6 Å². The van der Waals surface area contributed by atoms with Gasteiger partial charge in [-0.2, -0.15) is 13.2 Å². The van der Waals surface area contributed by atoms with E-state index in [-0.39, 0.29) is 18.2 Å². The van der Waals surface area contributed by atoms with Crippen molar-refractivity contribution in [3.05, 3.63) is 42.5 Å². The minimum atomic E-state index is -4.49. The number of benzene rings is 1. The highest BCUT2D eigenvalue weighted by Crippen LogP contribution is 2.19. The second-order valence-corrected chi connectivity index (χ2v) is 5.42. The maximum Gasteiger partial charge on any atom is 0.406 e. The van der Waals surface area contributed by atoms with E-state index in [9.17, 15) is 22.8 Å². The highest BCUT2D eigenvalue weighted by atomic mass is 19.4. The van der Waals surface area contributed by atoms with E-state index in [1.165, 1.54) is 30.3 Å². The van der Waals surface area contributed by atoms with Crippen molar-refractivity contribution in [3.8, 4) is 0 Å². The Morgan fingerprint density at radius 3 is 2.29 bits per heavy atom. The van der Waals surface area contributed by atoms with Gasteiger partial charge in [0.15, 0.2) is 0 Å². The molecule has 0 spiro atoms. The average Bonchev–Trinajstić information content (AvgIpc) is 2.44. The first-order chi connectivity index (χ1) is 11.1. The summed E-state index contributed by atoms with van der Waals surface area (Å²) in [5.74, 6) is -0.759. The number of urea groups is 1. The van der Waals surface area contributed by atoms with E-state index in [0.29, 0.717) is 10.6 Å². The number of nitrogens with one attached hydrogen (secondary N) is 2. The molecule has 0 saturated heterocycles. The number of nitrogens with zero attached hydrogens (tertiary/aromatic N) is 1. The van der Waals surface area contributed by atoms with Gasteiger partial charge in [0, 0.05) is 23.8 Å². The summed E-state index contributed by atoms with van der Waals surface area (Å²) in [7, 11) is 0. The minimum Gasteiger partial charge on any atom is -0.336 e. The number of amides is 3. The van der Waals surface area contributed by atoms with Crippen LogP contribution in [0.15, 0.2) is 36.9 Å². The van der Waals surface area contributed by atoms with E-state index in [1.54, 1.807) is 13.8 Å². The molecule has 0 atom stereocenters. The van der Waals surface area contributed by atoms with Crippen LogP contribution in [-0.2, 0) is 0 Å². The molecule has 2 N–H and O–H groups in total. The van der Waals surface area contributed by atoms with Gasteiger partial charge in [0.1, 0.15) is 6.54 Å². The molecule has 24 heavy (non-hydrogen) atoms. The fourth-order valence-corrected chi connectivity index (χ4v) is 1.90. The smallest absolute Gasteiger partial charge is 0.336 e. The van der Waals surface area contributed by atoms with Gasteiger partial charge in [0.05, 0.1) is 0 Å². The molecule has 0 radical (unpaired) electrons. The molecule has 0 heterocycles. The van der Waals surface area contributed by atoms with Crippen LogP contribution in [-0.4, -0.2) is 42.1 Å². The number of alkyl halides is 3. The van der Waals surface area contributed by atoms with Crippen LogP contribution >= 0.6 is 0 Å². The van der Waals surface area contributed by atoms with E-state index in [2.05, 4.69) is 17.2 Å². The number of rotatable bonds is 6. The fourth-order valence-electron chi connectivity index (χ4n) is 1.90. The van der Waals surface area contributed by atoms with Gasteiger partial charge in [-0.15, -0.1) is 6.58 Å². The molecular formula is C16H20F3N3O2. The zero-order chi connectivity index (χ0) is 18.3. The standard InChI is InChI=1S/C16H20F3N3O2/c1-4-9-22(10-16(17,18)19)14(23)12-5-7-13(8-6-12)21-15(24)20-11(2)3/h4-8,11H,1,9-10H2,2-3H3,(H2,20,21,24). The predicted molar refractivity (Wildman–Crippen MR) is 85.9 cm³/mol. The van der Waals surface area contributed by atoms with Gasteiger partial charge in [-0.25, -0.2) is 4.79 Å². The van der Waals surface area contributed by atoms with Crippen LogP contribution in [0.5, 0.6) is 0 Å². The fraction of sp³-hybridized carbons (Fsp3) is 0.375. The van der Waals surface area contributed by atoms with Crippen LogP contribution in [0, 0.1) is 0 Å². The highest BCUT2D eigenvalue weighted by Gasteiger charge is 2.32. The van der Waals surface area contributed by atoms with Crippen molar-refractivity contribution in [2.24, 2.45) is 0 Å². The van der Waals surface area contributed by atoms with Crippen molar-refractivity contribution in [3.63, 3.8) is 0 Å². The largest absolute Gasteiger partial charge is 0.406 e. The van der Waals surface area contributed by atoms with Gasteiger partial charge in [-0.3, -0.25) is 4.79 Å². The zero-order valence-corrected chi connectivity index (χ0v) is 13.5. The number of carbonyl (C=O) groups is 2. The first-order valence-electron chi connectivity index (χ1n) is 7.27. The summed E-state index contributed by atoms with van der Waals surface area (Å²) in [5, 5.41) is 5.19. The Balaban J connectivity index is 2.80. The Morgan fingerprint density at radius 1 is 1.25 bits per heavy atom. The van der Waals surface area contributed by atoms with Crippen molar-refractivity contribution >= 4 is 17.6 Å². The number of carbonyl (C=O) groups excluding carboxylic acids is 2. The molecule has 0 aromatic heterocycles. The molecule has 0 unspecified atom stereocenters. The molecule has 1 aromatic carbocycles. The van der Waals surface area contributed by atoms with E-state index in [4.69, 9.17) is 0 Å². The molecule has 0 saturated carbocycles. The lowest BCUT2D eigenvalue weighted by Gasteiger charge is -2.22. The van der Waals surface area contributed by atoms with Crippen LogP contribution in [0.25, 0.3) is 0 Å². The van der Waals surface area contributed by atoms with Gasteiger partial charge in [0.25, 0.3) is 5.91 Å².